The van der Waals surface area contributed by atoms with Gasteiger partial charge in [-0.2, -0.15) is 10.4 Å². The monoisotopic (exact) mass is 472 g/mol. The van der Waals surface area contributed by atoms with Gasteiger partial charge in [0.05, 0.1) is 32.9 Å². The molecule has 4 rings (SSSR count). The van der Waals surface area contributed by atoms with Crippen molar-refractivity contribution in [3.05, 3.63) is 70.6 Å². The van der Waals surface area contributed by atoms with Crippen molar-refractivity contribution < 1.29 is 18.7 Å². The summed E-state index contributed by atoms with van der Waals surface area (Å²) in [5.41, 5.74) is 0.0435. The number of benzene rings is 2. The summed E-state index contributed by atoms with van der Waals surface area (Å²) in [4.78, 5) is 11.6. The van der Waals surface area contributed by atoms with Gasteiger partial charge in [-0.05, 0) is 38.1 Å². The molecule has 162 valence electrons. The number of carbonyl (C=O) groups is 1. The van der Waals surface area contributed by atoms with Crippen molar-refractivity contribution in [1.29, 1.82) is 5.26 Å². The summed E-state index contributed by atoms with van der Waals surface area (Å²) in [6, 6.07) is 8.97. The molecule has 0 saturated carbocycles. The highest BCUT2D eigenvalue weighted by molar-refractivity contribution is 7.99. The van der Waals surface area contributed by atoms with Crippen molar-refractivity contribution >= 4 is 40.2 Å². The van der Waals surface area contributed by atoms with E-state index in [0.29, 0.717) is 11.1 Å². The van der Waals surface area contributed by atoms with Crippen LogP contribution in [0.5, 0.6) is 0 Å². The van der Waals surface area contributed by atoms with E-state index in [1.807, 2.05) is 13.8 Å². The number of carboxylic acids is 1. The molecule has 2 aromatic carbocycles. The summed E-state index contributed by atoms with van der Waals surface area (Å²) >= 11 is 6.88. The van der Waals surface area contributed by atoms with Crippen LogP contribution in [0.15, 0.2) is 52.5 Å². The van der Waals surface area contributed by atoms with E-state index in [0.717, 1.165) is 17.8 Å². The van der Waals surface area contributed by atoms with Crippen LogP contribution in [0.3, 0.4) is 0 Å². The Hall–Kier alpha value is -3.35. The zero-order valence-electron chi connectivity index (χ0n) is 16.8. The van der Waals surface area contributed by atoms with Crippen LogP contribution in [0.2, 0.25) is 5.02 Å². The Morgan fingerprint density at radius 1 is 1.25 bits per heavy atom. The Balaban J connectivity index is 2.01. The first-order valence-electron chi connectivity index (χ1n) is 9.41. The van der Waals surface area contributed by atoms with E-state index in [1.54, 1.807) is 16.9 Å². The zero-order valence-corrected chi connectivity index (χ0v) is 18.4. The van der Waals surface area contributed by atoms with E-state index in [-0.39, 0.29) is 32.1 Å². The molecule has 0 aliphatic heterocycles. The molecule has 0 fully saturated rings. The summed E-state index contributed by atoms with van der Waals surface area (Å²) in [7, 11) is 0. The van der Waals surface area contributed by atoms with Crippen LogP contribution < -0.4 is 0 Å². The molecule has 2 aromatic heterocycles. The van der Waals surface area contributed by atoms with Gasteiger partial charge in [-0.1, -0.05) is 29.4 Å². The number of hydrogen-bond acceptors (Lipinski definition) is 4. The molecule has 32 heavy (non-hydrogen) atoms. The maximum Gasteiger partial charge on any atom is 0.338 e. The van der Waals surface area contributed by atoms with Crippen LogP contribution in [0.1, 0.15) is 35.9 Å². The molecular weight excluding hydrogens is 458 g/mol. The van der Waals surface area contributed by atoms with Gasteiger partial charge in [0.15, 0.2) is 11.6 Å². The molecule has 0 aliphatic carbocycles. The summed E-state index contributed by atoms with van der Waals surface area (Å²) in [5, 5.41) is 23.7. The normalized spacial score (nSPS) is 11.3. The van der Waals surface area contributed by atoms with Crippen molar-refractivity contribution in [2.45, 2.75) is 29.7 Å². The lowest BCUT2D eigenvalue weighted by Gasteiger charge is -2.07. The van der Waals surface area contributed by atoms with Gasteiger partial charge in [-0.15, -0.1) is 0 Å². The van der Waals surface area contributed by atoms with E-state index in [2.05, 4.69) is 11.2 Å². The van der Waals surface area contributed by atoms with Crippen LogP contribution in [-0.2, 0) is 0 Å². The van der Waals surface area contributed by atoms with E-state index >= 15 is 4.39 Å². The zero-order chi connectivity index (χ0) is 23.2. The first-order valence-corrected chi connectivity index (χ1v) is 10.6. The lowest BCUT2D eigenvalue weighted by Crippen LogP contribution is -2.02. The summed E-state index contributed by atoms with van der Waals surface area (Å²) < 4.78 is 33.0. The fourth-order valence-corrected chi connectivity index (χ4v) is 4.56. The molecule has 10 heteroatoms. The fourth-order valence-electron chi connectivity index (χ4n) is 3.34. The van der Waals surface area contributed by atoms with Gasteiger partial charge in [0, 0.05) is 22.5 Å². The highest BCUT2D eigenvalue weighted by Crippen LogP contribution is 2.42. The van der Waals surface area contributed by atoms with Crippen LogP contribution in [0.4, 0.5) is 8.78 Å². The summed E-state index contributed by atoms with van der Waals surface area (Å²) in [6.07, 6.45) is 3.17. The smallest absolute Gasteiger partial charge is 0.338 e. The minimum absolute atomic E-state index is 0.00585. The Kier molecular flexibility index (Phi) is 5.67. The number of nitrogens with zero attached hydrogens (tertiary/aromatic N) is 4. The van der Waals surface area contributed by atoms with Gasteiger partial charge in [-0.25, -0.2) is 13.6 Å². The van der Waals surface area contributed by atoms with Crippen molar-refractivity contribution in [2.75, 3.05) is 0 Å². The summed E-state index contributed by atoms with van der Waals surface area (Å²) in [6.45, 7) is 3.85. The van der Waals surface area contributed by atoms with Crippen molar-refractivity contribution in [3.8, 4) is 11.8 Å². The number of aromatic carboxylic acids is 1. The molecule has 0 saturated heterocycles. The molecule has 0 aliphatic rings. The number of aromatic nitrogens is 3. The van der Waals surface area contributed by atoms with E-state index in [1.165, 1.54) is 29.0 Å². The number of hydrogen-bond donors (Lipinski definition) is 1. The van der Waals surface area contributed by atoms with Gasteiger partial charge < -0.3 is 5.11 Å². The third kappa shape index (κ3) is 3.51. The molecule has 4 aromatic rings. The van der Waals surface area contributed by atoms with Crippen LogP contribution >= 0.6 is 23.4 Å². The van der Waals surface area contributed by atoms with Gasteiger partial charge >= 0.3 is 5.97 Å². The van der Waals surface area contributed by atoms with Gasteiger partial charge in [0.1, 0.15) is 11.8 Å². The lowest BCUT2D eigenvalue weighted by atomic mass is 10.2. The van der Waals surface area contributed by atoms with Crippen molar-refractivity contribution in [3.63, 3.8) is 0 Å². The third-order valence-electron chi connectivity index (χ3n) is 4.86. The van der Waals surface area contributed by atoms with E-state index < -0.39 is 23.2 Å². The highest BCUT2D eigenvalue weighted by atomic mass is 35.5. The maximum absolute atomic E-state index is 15.2. The molecule has 0 unspecified atom stereocenters. The Morgan fingerprint density at radius 2 is 2.00 bits per heavy atom. The van der Waals surface area contributed by atoms with Gasteiger partial charge in [0.2, 0.25) is 0 Å². The SMILES string of the molecule is CC(C)n1cc(-n2c(C#N)c(Sc3cccc(C(=O)O)c3F)c3ccc(Cl)c(F)c32)cn1. The van der Waals surface area contributed by atoms with Crippen LogP contribution in [0, 0.1) is 23.0 Å². The Labute approximate surface area is 190 Å². The van der Waals surface area contributed by atoms with Crippen LogP contribution in [0.25, 0.3) is 16.6 Å². The van der Waals surface area contributed by atoms with Crippen LogP contribution in [-0.4, -0.2) is 25.4 Å². The number of fused-ring (bicyclic) bond motifs is 1. The minimum Gasteiger partial charge on any atom is -0.478 e. The standard InChI is InChI=1S/C22H15ClF2N4O2S/c1-11(2)28-10-12(9-27-28)29-16(8-26)21(14-6-7-15(23)19(25)20(14)29)32-17-5-3-4-13(18(17)24)22(30)31/h3-7,9-11H,1-2H3,(H,30,31). The largest absolute Gasteiger partial charge is 0.478 e. The Bertz CT molecular complexity index is 1420. The molecule has 0 radical (unpaired) electrons. The second-order valence-corrected chi connectivity index (χ2v) is 8.64. The molecule has 2 heterocycles. The van der Waals surface area contributed by atoms with Crippen molar-refractivity contribution in [1.82, 2.24) is 14.3 Å². The second-order valence-electron chi connectivity index (χ2n) is 7.18. The van der Waals surface area contributed by atoms with Crippen molar-refractivity contribution in [2.24, 2.45) is 0 Å². The highest BCUT2D eigenvalue weighted by Gasteiger charge is 2.25. The first-order chi connectivity index (χ1) is 15.2. The Morgan fingerprint density at radius 3 is 2.62 bits per heavy atom. The molecule has 0 spiro atoms. The molecule has 0 bridgehead atoms. The van der Waals surface area contributed by atoms with E-state index in [9.17, 15) is 19.6 Å². The number of halogens is 3. The predicted octanol–water partition coefficient (Wildman–Crippen LogP) is 6.06. The average molecular weight is 473 g/mol. The van der Waals surface area contributed by atoms with Gasteiger partial charge in [-0.3, -0.25) is 9.25 Å². The number of nitriles is 1. The molecule has 0 amide bonds. The van der Waals surface area contributed by atoms with Gasteiger partial charge in [0.25, 0.3) is 0 Å². The topological polar surface area (TPSA) is 83.8 Å². The second kappa shape index (κ2) is 8.30. The number of rotatable bonds is 5. The summed E-state index contributed by atoms with van der Waals surface area (Å²) in [5.74, 6) is -3.08. The minimum atomic E-state index is -1.41. The molecule has 1 N–H and O–H groups in total. The maximum atomic E-state index is 15.2. The molecule has 6 nitrogen and oxygen atoms in total. The third-order valence-corrected chi connectivity index (χ3v) is 6.31. The number of carboxylic acid groups (broad SMARTS) is 1. The first kappa shape index (κ1) is 21.9. The average Bonchev–Trinajstić information content (AvgIpc) is 3.35. The molecular formula is C22H15ClF2N4O2S. The lowest BCUT2D eigenvalue weighted by molar-refractivity contribution is 0.0691. The quantitative estimate of drug-likeness (QED) is 0.381. The predicted molar refractivity (Wildman–Crippen MR) is 117 cm³/mol. The molecule has 0 atom stereocenters. The fraction of sp³-hybridized carbons (Fsp3) is 0.136. The van der Waals surface area contributed by atoms with E-state index in [4.69, 9.17) is 11.6 Å².